The molecular weight excluding hydrogens is 304 g/mol. The number of ether oxygens (including phenoxy) is 2. The third-order valence-electron chi connectivity index (χ3n) is 5.16. The van der Waals surface area contributed by atoms with Gasteiger partial charge in [0.05, 0.1) is 24.4 Å². The van der Waals surface area contributed by atoms with Gasteiger partial charge in [-0.3, -0.25) is 4.79 Å². The van der Waals surface area contributed by atoms with Crippen LogP contribution < -0.4 is 0 Å². The van der Waals surface area contributed by atoms with Crippen LogP contribution in [-0.2, 0) is 14.3 Å². The number of hydrogen-bond acceptors (Lipinski definition) is 4. The SMILES string of the molecule is CC(=O)N1CCC(OC(C)CCN2CCC(OC(C)C)CC2)CC1. The molecule has 0 bridgehead atoms. The van der Waals surface area contributed by atoms with Crippen LogP contribution in [0.1, 0.15) is 59.8 Å². The number of likely N-dealkylation sites (tertiary alicyclic amines) is 2. The number of nitrogens with zero attached hydrogens (tertiary/aromatic N) is 2. The zero-order valence-electron chi connectivity index (χ0n) is 16.0. The zero-order chi connectivity index (χ0) is 17.5. The highest BCUT2D eigenvalue weighted by Crippen LogP contribution is 2.19. The molecule has 1 unspecified atom stereocenters. The highest BCUT2D eigenvalue weighted by molar-refractivity contribution is 5.73. The summed E-state index contributed by atoms with van der Waals surface area (Å²) in [6, 6.07) is 0. The molecule has 2 aliphatic rings. The molecule has 0 spiro atoms. The Bertz CT molecular complexity index is 373. The van der Waals surface area contributed by atoms with Crippen molar-refractivity contribution in [1.82, 2.24) is 9.80 Å². The number of carbonyl (C=O) groups excluding carboxylic acids is 1. The maximum absolute atomic E-state index is 11.4. The van der Waals surface area contributed by atoms with Crippen molar-refractivity contribution in [2.45, 2.75) is 84.2 Å². The molecule has 5 heteroatoms. The average Bonchev–Trinajstić information content (AvgIpc) is 2.54. The Labute approximate surface area is 147 Å². The number of carbonyl (C=O) groups is 1. The fourth-order valence-electron chi connectivity index (χ4n) is 3.72. The second-order valence-corrected chi connectivity index (χ2v) is 7.67. The van der Waals surface area contributed by atoms with Crippen molar-refractivity contribution in [3.8, 4) is 0 Å². The topological polar surface area (TPSA) is 42.0 Å². The summed E-state index contributed by atoms with van der Waals surface area (Å²) in [5.74, 6) is 0.186. The van der Waals surface area contributed by atoms with Gasteiger partial charge in [-0.15, -0.1) is 0 Å². The van der Waals surface area contributed by atoms with Crippen LogP contribution in [-0.4, -0.2) is 72.8 Å². The van der Waals surface area contributed by atoms with E-state index in [1.807, 2.05) is 4.90 Å². The average molecular weight is 341 g/mol. The monoisotopic (exact) mass is 340 g/mol. The van der Waals surface area contributed by atoms with E-state index in [-0.39, 0.29) is 5.91 Å². The van der Waals surface area contributed by atoms with Crippen LogP contribution in [0.5, 0.6) is 0 Å². The van der Waals surface area contributed by atoms with Crippen molar-refractivity contribution in [3.05, 3.63) is 0 Å². The number of piperidine rings is 2. The summed E-state index contributed by atoms with van der Waals surface area (Å²) in [6.07, 6.45) is 6.73. The lowest BCUT2D eigenvalue weighted by molar-refractivity contribution is -0.132. The van der Waals surface area contributed by atoms with E-state index in [4.69, 9.17) is 9.47 Å². The Hall–Kier alpha value is -0.650. The van der Waals surface area contributed by atoms with Gasteiger partial charge >= 0.3 is 0 Å². The molecule has 0 aromatic rings. The van der Waals surface area contributed by atoms with Gasteiger partial charge < -0.3 is 19.3 Å². The van der Waals surface area contributed by atoms with Crippen LogP contribution in [0, 0.1) is 0 Å². The normalized spacial score (nSPS) is 23.0. The first kappa shape index (κ1) is 19.7. The molecule has 140 valence electrons. The van der Waals surface area contributed by atoms with Gasteiger partial charge in [0.15, 0.2) is 0 Å². The first-order chi connectivity index (χ1) is 11.4. The fourth-order valence-corrected chi connectivity index (χ4v) is 3.72. The summed E-state index contributed by atoms with van der Waals surface area (Å²) < 4.78 is 12.1. The Morgan fingerprint density at radius 2 is 1.50 bits per heavy atom. The molecule has 1 amide bonds. The van der Waals surface area contributed by atoms with Crippen molar-refractivity contribution in [2.24, 2.45) is 0 Å². The fraction of sp³-hybridized carbons (Fsp3) is 0.947. The Balaban J connectivity index is 1.57. The van der Waals surface area contributed by atoms with E-state index in [2.05, 4.69) is 25.7 Å². The first-order valence-electron chi connectivity index (χ1n) is 9.72. The highest BCUT2D eigenvalue weighted by atomic mass is 16.5. The van der Waals surface area contributed by atoms with E-state index in [1.165, 1.54) is 0 Å². The van der Waals surface area contributed by atoms with E-state index < -0.39 is 0 Å². The van der Waals surface area contributed by atoms with Gasteiger partial charge in [-0.1, -0.05) is 0 Å². The predicted octanol–water partition coefficient (Wildman–Crippen LogP) is 2.68. The van der Waals surface area contributed by atoms with Gasteiger partial charge in [-0.05, 0) is 52.9 Å². The van der Waals surface area contributed by atoms with Crippen molar-refractivity contribution >= 4 is 5.91 Å². The largest absolute Gasteiger partial charge is 0.375 e. The molecule has 2 fully saturated rings. The molecule has 0 N–H and O–H groups in total. The third-order valence-corrected chi connectivity index (χ3v) is 5.16. The summed E-state index contributed by atoms with van der Waals surface area (Å²) in [5, 5.41) is 0. The maximum atomic E-state index is 11.4. The Kier molecular flexibility index (Phi) is 7.98. The lowest BCUT2D eigenvalue weighted by atomic mass is 10.1. The van der Waals surface area contributed by atoms with E-state index >= 15 is 0 Å². The highest BCUT2D eigenvalue weighted by Gasteiger charge is 2.24. The third kappa shape index (κ3) is 6.69. The van der Waals surface area contributed by atoms with Crippen LogP contribution in [0.25, 0.3) is 0 Å². The van der Waals surface area contributed by atoms with Crippen LogP contribution in [0.2, 0.25) is 0 Å². The molecular formula is C19H36N2O3. The predicted molar refractivity (Wildman–Crippen MR) is 96.1 cm³/mol. The molecule has 0 aromatic carbocycles. The quantitative estimate of drug-likeness (QED) is 0.714. The zero-order valence-corrected chi connectivity index (χ0v) is 16.0. The number of amides is 1. The lowest BCUT2D eigenvalue weighted by Crippen LogP contribution is -2.41. The molecule has 2 saturated heterocycles. The smallest absolute Gasteiger partial charge is 0.219 e. The van der Waals surface area contributed by atoms with Gasteiger partial charge in [0.1, 0.15) is 0 Å². The minimum absolute atomic E-state index is 0.186. The second-order valence-electron chi connectivity index (χ2n) is 7.67. The van der Waals surface area contributed by atoms with Gasteiger partial charge in [0.2, 0.25) is 5.91 Å². The Morgan fingerprint density at radius 1 is 0.958 bits per heavy atom. The molecule has 5 nitrogen and oxygen atoms in total. The minimum atomic E-state index is 0.186. The summed E-state index contributed by atoms with van der Waals surface area (Å²) >= 11 is 0. The molecule has 24 heavy (non-hydrogen) atoms. The molecule has 1 atom stereocenters. The van der Waals surface area contributed by atoms with Crippen molar-refractivity contribution < 1.29 is 14.3 Å². The maximum Gasteiger partial charge on any atom is 0.219 e. The molecule has 0 aliphatic carbocycles. The summed E-state index contributed by atoms with van der Waals surface area (Å²) in [5.41, 5.74) is 0. The van der Waals surface area contributed by atoms with Gasteiger partial charge in [-0.25, -0.2) is 0 Å². The molecule has 0 saturated carbocycles. The van der Waals surface area contributed by atoms with E-state index in [0.29, 0.717) is 24.4 Å². The van der Waals surface area contributed by atoms with Crippen molar-refractivity contribution in [2.75, 3.05) is 32.7 Å². The molecule has 0 radical (unpaired) electrons. The van der Waals surface area contributed by atoms with Crippen molar-refractivity contribution in [3.63, 3.8) is 0 Å². The standard InChI is InChI=1S/C19H36N2O3/c1-15(2)23-18-6-11-20(12-7-18)10-5-16(3)24-19-8-13-21(14-9-19)17(4)22/h15-16,18-19H,5-14H2,1-4H3. The summed E-state index contributed by atoms with van der Waals surface area (Å²) in [4.78, 5) is 15.8. The van der Waals surface area contributed by atoms with Crippen LogP contribution in [0.15, 0.2) is 0 Å². The molecule has 2 heterocycles. The molecule has 2 aliphatic heterocycles. The molecule has 2 rings (SSSR count). The van der Waals surface area contributed by atoms with Crippen LogP contribution in [0.3, 0.4) is 0 Å². The van der Waals surface area contributed by atoms with E-state index in [9.17, 15) is 4.79 Å². The first-order valence-corrected chi connectivity index (χ1v) is 9.72. The number of hydrogen-bond donors (Lipinski definition) is 0. The second kappa shape index (κ2) is 9.73. The van der Waals surface area contributed by atoms with Gasteiger partial charge in [0.25, 0.3) is 0 Å². The Morgan fingerprint density at radius 3 is 2.04 bits per heavy atom. The molecule has 0 aromatic heterocycles. The van der Waals surface area contributed by atoms with Crippen molar-refractivity contribution in [1.29, 1.82) is 0 Å². The van der Waals surface area contributed by atoms with E-state index in [1.54, 1.807) is 6.92 Å². The van der Waals surface area contributed by atoms with Crippen LogP contribution in [0.4, 0.5) is 0 Å². The lowest BCUT2D eigenvalue weighted by Gasteiger charge is -2.35. The number of rotatable bonds is 7. The van der Waals surface area contributed by atoms with Gasteiger partial charge in [0, 0.05) is 39.6 Å². The summed E-state index contributed by atoms with van der Waals surface area (Å²) in [6.45, 7) is 13.2. The van der Waals surface area contributed by atoms with Gasteiger partial charge in [-0.2, -0.15) is 0 Å². The summed E-state index contributed by atoms with van der Waals surface area (Å²) in [7, 11) is 0. The van der Waals surface area contributed by atoms with Crippen LogP contribution >= 0.6 is 0 Å². The minimum Gasteiger partial charge on any atom is -0.375 e. The van der Waals surface area contributed by atoms with E-state index in [0.717, 1.165) is 64.8 Å².